The number of carbonyl (C=O) groups is 1. The van der Waals surface area contributed by atoms with Gasteiger partial charge in [0.15, 0.2) is 0 Å². The molecule has 0 amide bonds. The van der Waals surface area contributed by atoms with Gasteiger partial charge >= 0.3 is 5.97 Å². The molecule has 0 unspecified atom stereocenters. The van der Waals surface area contributed by atoms with E-state index in [0.717, 1.165) is 13.2 Å². The monoisotopic (exact) mass is 245 g/mol. The molecule has 0 aliphatic carbocycles. The number of carbonyl (C=O) groups excluding carboxylic acids is 1. The van der Waals surface area contributed by atoms with E-state index in [9.17, 15) is 13.2 Å². The standard InChI is InChI=1S/C9H11NO5S/c1-4-15-9(11)8(6-10)5-7(2)16(12,13)14-3/h5H,2,4H2,1,3H3. The van der Waals surface area contributed by atoms with Crippen molar-refractivity contribution in [1.82, 2.24) is 0 Å². The summed E-state index contributed by atoms with van der Waals surface area (Å²) in [6.07, 6.45) is 0.802. The van der Waals surface area contributed by atoms with Gasteiger partial charge in [0.05, 0.1) is 18.6 Å². The van der Waals surface area contributed by atoms with Crippen LogP contribution in [0.2, 0.25) is 0 Å². The van der Waals surface area contributed by atoms with Crippen LogP contribution in [0.5, 0.6) is 0 Å². The molecule has 0 N–H and O–H groups in total. The largest absolute Gasteiger partial charge is 0.462 e. The Hall–Kier alpha value is -1.65. The average molecular weight is 245 g/mol. The summed E-state index contributed by atoms with van der Waals surface area (Å²) in [6.45, 7) is 4.83. The first-order valence-electron chi connectivity index (χ1n) is 4.17. The lowest BCUT2D eigenvalue weighted by molar-refractivity contribution is -0.138. The molecule has 0 aromatic rings. The summed E-state index contributed by atoms with van der Waals surface area (Å²) >= 11 is 0. The maximum atomic E-state index is 11.1. The second-order valence-corrected chi connectivity index (χ2v) is 4.24. The normalized spacial score (nSPS) is 11.7. The van der Waals surface area contributed by atoms with Gasteiger partial charge in [0.25, 0.3) is 10.1 Å². The molecule has 0 atom stereocenters. The van der Waals surface area contributed by atoms with E-state index in [-0.39, 0.29) is 6.61 Å². The average Bonchev–Trinajstić information content (AvgIpc) is 2.25. The lowest BCUT2D eigenvalue weighted by atomic mass is 10.3. The molecule has 0 saturated carbocycles. The van der Waals surface area contributed by atoms with E-state index in [1.165, 1.54) is 6.07 Å². The Labute approximate surface area is 93.9 Å². The number of ether oxygens (including phenoxy) is 1. The Morgan fingerprint density at radius 2 is 2.12 bits per heavy atom. The van der Waals surface area contributed by atoms with Crippen molar-refractivity contribution in [1.29, 1.82) is 5.26 Å². The first kappa shape index (κ1) is 14.3. The highest BCUT2D eigenvalue weighted by molar-refractivity contribution is 7.90. The Balaban J connectivity index is 5.09. The number of esters is 1. The molecule has 6 nitrogen and oxygen atoms in total. The van der Waals surface area contributed by atoms with Gasteiger partial charge in [-0.2, -0.15) is 13.7 Å². The molecule has 16 heavy (non-hydrogen) atoms. The van der Waals surface area contributed by atoms with Gasteiger partial charge < -0.3 is 4.74 Å². The first-order chi connectivity index (χ1) is 7.38. The van der Waals surface area contributed by atoms with Gasteiger partial charge in [-0.15, -0.1) is 0 Å². The predicted octanol–water partition coefficient (Wildman–Crippen LogP) is 0.489. The number of rotatable bonds is 5. The second-order valence-electron chi connectivity index (χ2n) is 2.48. The minimum atomic E-state index is -3.98. The van der Waals surface area contributed by atoms with Gasteiger partial charge in [0.1, 0.15) is 11.6 Å². The summed E-state index contributed by atoms with van der Waals surface area (Å²) in [7, 11) is -3.03. The third-order valence-electron chi connectivity index (χ3n) is 1.46. The molecule has 0 aliphatic rings. The Bertz CT molecular complexity index is 455. The van der Waals surface area contributed by atoms with Crippen molar-refractivity contribution in [3.05, 3.63) is 23.1 Å². The number of nitrogens with zero attached hydrogens (tertiary/aromatic N) is 1. The molecule has 0 rings (SSSR count). The Morgan fingerprint density at radius 1 is 1.56 bits per heavy atom. The number of nitriles is 1. The lowest BCUT2D eigenvalue weighted by Crippen LogP contribution is -2.09. The highest BCUT2D eigenvalue weighted by Crippen LogP contribution is 2.10. The third kappa shape index (κ3) is 3.84. The maximum Gasteiger partial charge on any atom is 0.348 e. The smallest absolute Gasteiger partial charge is 0.348 e. The van der Waals surface area contributed by atoms with E-state index >= 15 is 0 Å². The number of hydrogen-bond donors (Lipinski definition) is 0. The van der Waals surface area contributed by atoms with Crippen LogP contribution >= 0.6 is 0 Å². The molecule has 0 fully saturated rings. The summed E-state index contributed by atoms with van der Waals surface area (Å²) in [5, 5.41) is 8.61. The van der Waals surface area contributed by atoms with Gasteiger partial charge in [-0.25, -0.2) is 4.79 Å². The summed E-state index contributed by atoms with van der Waals surface area (Å²) in [4.78, 5) is 10.6. The predicted molar refractivity (Wildman–Crippen MR) is 55.4 cm³/mol. The van der Waals surface area contributed by atoms with E-state index in [1.807, 2.05) is 0 Å². The fourth-order valence-electron chi connectivity index (χ4n) is 0.686. The van der Waals surface area contributed by atoms with Crippen LogP contribution in [-0.4, -0.2) is 28.1 Å². The molecular weight excluding hydrogens is 234 g/mol. The molecule has 7 heteroatoms. The summed E-state index contributed by atoms with van der Waals surface area (Å²) in [5.74, 6) is -0.905. The molecule has 0 aromatic heterocycles. The van der Waals surface area contributed by atoms with Crippen LogP contribution in [0.4, 0.5) is 0 Å². The van der Waals surface area contributed by atoms with Crippen LogP contribution in [0.25, 0.3) is 0 Å². The summed E-state index contributed by atoms with van der Waals surface area (Å²) in [5.41, 5.74) is -0.451. The molecule has 0 bridgehead atoms. The highest BCUT2D eigenvalue weighted by atomic mass is 32.2. The molecule has 0 saturated heterocycles. The fourth-order valence-corrected chi connectivity index (χ4v) is 1.16. The van der Waals surface area contributed by atoms with Gasteiger partial charge in [-0.1, -0.05) is 6.58 Å². The minimum Gasteiger partial charge on any atom is -0.462 e. The van der Waals surface area contributed by atoms with Gasteiger partial charge in [0, 0.05) is 0 Å². The Kier molecular flexibility index (Phi) is 5.42. The third-order valence-corrected chi connectivity index (χ3v) is 2.66. The van der Waals surface area contributed by atoms with Crippen LogP contribution in [0.1, 0.15) is 6.92 Å². The van der Waals surface area contributed by atoms with E-state index in [2.05, 4.69) is 15.5 Å². The van der Waals surface area contributed by atoms with Crippen LogP contribution < -0.4 is 0 Å². The zero-order valence-corrected chi connectivity index (χ0v) is 9.70. The number of hydrogen-bond acceptors (Lipinski definition) is 6. The van der Waals surface area contributed by atoms with E-state index in [0.29, 0.717) is 0 Å². The quantitative estimate of drug-likeness (QED) is 0.230. The van der Waals surface area contributed by atoms with Crippen molar-refractivity contribution in [3.8, 4) is 6.07 Å². The van der Waals surface area contributed by atoms with Crippen LogP contribution in [0, 0.1) is 11.3 Å². The van der Waals surface area contributed by atoms with Crippen LogP contribution in [0.3, 0.4) is 0 Å². The van der Waals surface area contributed by atoms with Crippen molar-refractivity contribution in [2.45, 2.75) is 6.92 Å². The van der Waals surface area contributed by atoms with Crippen molar-refractivity contribution in [2.75, 3.05) is 13.7 Å². The molecular formula is C9H11NO5S. The molecule has 0 spiro atoms. The SMILES string of the molecule is C=C(C=C(C#N)C(=O)OCC)S(=O)(=O)OC. The molecule has 0 heterocycles. The maximum absolute atomic E-state index is 11.1. The highest BCUT2D eigenvalue weighted by Gasteiger charge is 2.16. The number of allylic oxidation sites excluding steroid dienone is 1. The molecule has 88 valence electrons. The van der Waals surface area contributed by atoms with E-state index in [4.69, 9.17) is 5.26 Å². The van der Waals surface area contributed by atoms with Gasteiger partial charge in [-0.3, -0.25) is 4.18 Å². The van der Waals surface area contributed by atoms with E-state index in [1.54, 1.807) is 6.92 Å². The van der Waals surface area contributed by atoms with Crippen molar-refractivity contribution in [2.24, 2.45) is 0 Å². The molecule has 0 radical (unpaired) electrons. The van der Waals surface area contributed by atoms with Crippen molar-refractivity contribution in [3.63, 3.8) is 0 Å². The lowest BCUT2D eigenvalue weighted by Gasteiger charge is -2.01. The second kappa shape index (κ2) is 6.05. The van der Waals surface area contributed by atoms with E-state index < -0.39 is 26.6 Å². The summed E-state index contributed by atoms with van der Waals surface area (Å²) < 4.78 is 30.9. The van der Waals surface area contributed by atoms with Crippen LogP contribution in [-0.2, 0) is 23.8 Å². The summed E-state index contributed by atoms with van der Waals surface area (Å²) in [6, 6.07) is 1.52. The van der Waals surface area contributed by atoms with Gasteiger partial charge in [0.2, 0.25) is 0 Å². The van der Waals surface area contributed by atoms with Crippen molar-refractivity contribution >= 4 is 16.1 Å². The zero-order chi connectivity index (χ0) is 12.8. The zero-order valence-electron chi connectivity index (χ0n) is 8.89. The topological polar surface area (TPSA) is 93.5 Å². The van der Waals surface area contributed by atoms with Crippen molar-refractivity contribution < 1.29 is 22.1 Å². The minimum absolute atomic E-state index is 0.0847. The molecule has 0 aromatic carbocycles. The Morgan fingerprint density at radius 3 is 2.50 bits per heavy atom. The van der Waals surface area contributed by atoms with Gasteiger partial charge in [-0.05, 0) is 13.0 Å². The fraction of sp³-hybridized carbons (Fsp3) is 0.333. The van der Waals surface area contributed by atoms with Crippen LogP contribution in [0.15, 0.2) is 23.1 Å². The first-order valence-corrected chi connectivity index (χ1v) is 5.58. The molecule has 0 aliphatic heterocycles.